The quantitative estimate of drug-likeness (QED) is 0.469. The van der Waals surface area contributed by atoms with Gasteiger partial charge in [0, 0.05) is 13.2 Å². The maximum Gasteiger partial charge on any atom is 0.191 e. The van der Waals surface area contributed by atoms with Crippen molar-refractivity contribution in [2.24, 2.45) is 0 Å². The van der Waals surface area contributed by atoms with Gasteiger partial charge in [0.25, 0.3) is 0 Å². The summed E-state index contributed by atoms with van der Waals surface area (Å²) in [4.78, 5) is 0. The standard InChI is InChI=1S/C15H28N2OSi/c1-15(2,3)19(4,5)18-12-8-11-17-14-10-7-6-9-13(14)16/h6-7,9-10,17H,8,11-12,16H2,1-5H3. The lowest BCUT2D eigenvalue weighted by molar-refractivity contribution is 0.286. The maximum atomic E-state index is 6.13. The third-order valence-electron chi connectivity index (χ3n) is 3.87. The van der Waals surface area contributed by atoms with Crippen molar-refractivity contribution >= 4 is 19.7 Å². The molecule has 0 saturated heterocycles. The van der Waals surface area contributed by atoms with E-state index in [0.717, 1.165) is 30.9 Å². The topological polar surface area (TPSA) is 47.3 Å². The number of hydrogen-bond acceptors (Lipinski definition) is 3. The Morgan fingerprint density at radius 3 is 2.42 bits per heavy atom. The molecule has 0 amide bonds. The Kier molecular flexibility index (Phi) is 5.44. The molecule has 1 rings (SSSR count). The predicted molar refractivity (Wildman–Crippen MR) is 87.1 cm³/mol. The summed E-state index contributed by atoms with van der Waals surface area (Å²) in [6, 6.07) is 7.85. The van der Waals surface area contributed by atoms with Crippen molar-refractivity contribution in [1.82, 2.24) is 0 Å². The Morgan fingerprint density at radius 1 is 1.21 bits per heavy atom. The molecule has 0 atom stereocenters. The Bertz CT molecular complexity index is 399. The SMILES string of the molecule is CC(C)(C)[Si](C)(C)OCCCNc1ccccc1N. The van der Waals surface area contributed by atoms with Gasteiger partial charge in [-0.05, 0) is 36.7 Å². The molecule has 1 aromatic carbocycles. The lowest BCUT2D eigenvalue weighted by Crippen LogP contribution is -2.41. The molecule has 0 aliphatic rings. The van der Waals surface area contributed by atoms with Gasteiger partial charge in [-0.1, -0.05) is 32.9 Å². The summed E-state index contributed by atoms with van der Waals surface area (Å²) in [6.07, 6.45) is 1.00. The van der Waals surface area contributed by atoms with Gasteiger partial charge in [0.2, 0.25) is 0 Å². The minimum Gasteiger partial charge on any atom is -0.417 e. The van der Waals surface area contributed by atoms with Gasteiger partial charge < -0.3 is 15.5 Å². The third kappa shape index (κ3) is 4.88. The number of hydrogen-bond donors (Lipinski definition) is 2. The lowest BCUT2D eigenvalue weighted by atomic mass is 10.2. The number of rotatable bonds is 6. The fourth-order valence-electron chi connectivity index (χ4n) is 1.50. The van der Waals surface area contributed by atoms with Crippen molar-refractivity contribution < 1.29 is 4.43 Å². The highest BCUT2D eigenvalue weighted by atomic mass is 28.4. The summed E-state index contributed by atoms with van der Waals surface area (Å²) in [7, 11) is -1.60. The average Bonchev–Trinajstić information content (AvgIpc) is 2.29. The van der Waals surface area contributed by atoms with Crippen LogP contribution in [-0.2, 0) is 4.43 Å². The van der Waals surface area contributed by atoms with Gasteiger partial charge in [0.15, 0.2) is 8.32 Å². The molecule has 3 N–H and O–H groups in total. The number of nitrogens with two attached hydrogens (primary N) is 1. The second kappa shape index (κ2) is 6.44. The number of anilines is 2. The summed E-state index contributed by atoms with van der Waals surface area (Å²) < 4.78 is 6.13. The van der Waals surface area contributed by atoms with Gasteiger partial charge >= 0.3 is 0 Å². The highest BCUT2D eigenvalue weighted by molar-refractivity contribution is 6.74. The largest absolute Gasteiger partial charge is 0.417 e. The molecule has 1 aromatic rings. The van der Waals surface area contributed by atoms with Crippen molar-refractivity contribution in [1.29, 1.82) is 0 Å². The van der Waals surface area contributed by atoms with E-state index >= 15 is 0 Å². The lowest BCUT2D eigenvalue weighted by Gasteiger charge is -2.36. The first-order valence-electron chi connectivity index (χ1n) is 6.96. The van der Waals surface area contributed by atoms with Crippen LogP contribution in [0.15, 0.2) is 24.3 Å². The highest BCUT2D eigenvalue weighted by Gasteiger charge is 2.36. The monoisotopic (exact) mass is 280 g/mol. The van der Waals surface area contributed by atoms with Crippen LogP contribution >= 0.6 is 0 Å². The van der Waals surface area contributed by atoms with Crippen molar-refractivity contribution in [3.8, 4) is 0 Å². The van der Waals surface area contributed by atoms with Crippen molar-refractivity contribution in [3.05, 3.63) is 24.3 Å². The van der Waals surface area contributed by atoms with Crippen LogP contribution < -0.4 is 11.1 Å². The second-order valence-electron chi connectivity index (χ2n) is 6.48. The van der Waals surface area contributed by atoms with Crippen LogP contribution in [0, 0.1) is 0 Å². The van der Waals surface area contributed by atoms with E-state index in [1.165, 1.54) is 0 Å². The molecule has 3 nitrogen and oxygen atoms in total. The fourth-order valence-corrected chi connectivity index (χ4v) is 2.58. The summed E-state index contributed by atoms with van der Waals surface area (Å²) >= 11 is 0. The second-order valence-corrected chi connectivity index (χ2v) is 11.3. The van der Waals surface area contributed by atoms with E-state index in [9.17, 15) is 0 Å². The normalized spacial score (nSPS) is 12.5. The summed E-state index contributed by atoms with van der Waals surface area (Å²) in [5.74, 6) is 0. The van der Waals surface area contributed by atoms with E-state index in [1.807, 2.05) is 24.3 Å². The predicted octanol–water partition coefficient (Wildman–Crippen LogP) is 4.09. The number of nitrogens with one attached hydrogen (secondary N) is 1. The fraction of sp³-hybridized carbons (Fsp3) is 0.600. The van der Waals surface area contributed by atoms with Crippen LogP contribution in [0.5, 0.6) is 0 Å². The Morgan fingerprint density at radius 2 is 1.84 bits per heavy atom. The number of benzene rings is 1. The molecule has 0 unspecified atom stereocenters. The molecule has 0 saturated carbocycles. The highest BCUT2D eigenvalue weighted by Crippen LogP contribution is 2.36. The van der Waals surface area contributed by atoms with E-state index in [1.54, 1.807) is 0 Å². The maximum absolute atomic E-state index is 6.13. The molecule has 0 heterocycles. The zero-order valence-electron chi connectivity index (χ0n) is 12.9. The van der Waals surface area contributed by atoms with Crippen LogP contribution in [0.1, 0.15) is 27.2 Å². The van der Waals surface area contributed by atoms with Gasteiger partial charge in [-0.25, -0.2) is 0 Å². The smallest absolute Gasteiger partial charge is 0.191 e. The molecule has 0 aliphatic heterocycles. The van der Waals surface area contributed by atoms with Crippen LogP contribution in [0.25, 0.3) is 0 Å². The van der Waals surface area contributed by atoms with E-state index < -0.39 is 8.32 Å². The first-order valence-corrected chi connectivity index (χ1v) is 9.87. The van der Waals surface area contributed by atoms with E-state index in [0.29, 0.717) is 0 Å². The van der Waals surface area contributed by atoms with Gasteiger partial charge in [0.05, 0.1) is 11.4 Å². The summed E-state index contributed by atoms with van der Waals surface area (Å²) in [5.41, 5.74) is 7.68. The number of para-hydroxylation sites is 2. The van der Waals surface area contributed by atoms with Gasteiger partial charge in [-0.15, -0.1) is 0 Å². The first kappa shape index (κ1) is 16.1. The molecule has 0 aliphatic carbocycles. The molecule has 0 aromatic heterocycles. The first-order chi connectivity index (χ1) is 8.74. The van der Waals surface area contributed by atoms with Crippen molar-refractivity contribution in [2.75, 3.05) is 24.2 Å². The van der Waals surface area contributed by atoms with Crippen molar-refractivity contribution in [2.45, 2.75) is 45.3 Å². The van der Waals surface area contributed by atoms with E-state index in [2.05, 4.69) is 39.2 Å². The molecule has 0 bridgehead atoms. The van der Waals surface area contributed by atoms with Crippen LogP contribution in [0.3, 0.4) is 0 Å². The summed E-state index contributed by atoms with van der Waals surface area (Å²) in [6.45, 7) is 13.1. The van der Waals surface area contributed by atoms with Gasteiger partial charge in [-0.2, -0.15) is 0 Å². The zero-order chi connectivity index (χ0) is 14.5. The number of nitrogen functional groups attached to an aromatic ring is 1. The van der Waals surface area contributed by atoms with Gasteiger partial charge in [0.1, 0.15) is 0 Å². The minimum atomic E-state index is -1.60. The molecule has 19 heavy (non-hydrogen) atoms. The Labute approximate surface area is 118 Å². The van der Waals surface area contributed by atoms with E-state index in [4.69, 9.17) is 10.2 Å². The van der Waals surface area contributed by atoms with E-state index in [-0.39, 0.29) is 5.04 Å². The molecule has 108 valence electrons. The Hall–Kier alpha value is -1.00. The van der Waals surface area contributed by atoms with Crippen LogP contribution in [-0.4, -0.2) is 21.5 Å². The molecular weight excluding hydrogens is 252 g/mol. The average molecular weight is 280 g/mol. The molecule has 0 spiro atoms. The van der Waals surface area contributed by atoms with Crippen LogP contribution in [0.2, 0.25) is 18.1 Å². The summed E-state index contributed by atoms with van der Waals surface area (Å²) in [5, 5.41) is 3.63. The van der Waals surface area contributed by atoms with Crippen LogP contribution in [0.4, 0.5) is 11.4 Å². The third-order valence-corrected chi connectivity index (χ3v) is 8.40. The Balaban J connectivity index is 2.28. The molecule has 0 radical (unpaired) electrons. The molecule has 4 heteroatoms. The van der Waals surface area contributed by atoms with Crippen molar-refractivity contribution in [3.63, 3.8) is 0 Å². The molecular formula is C15H28N2OSi. The van der Waals surface area contributed by atoms with Gasteiger partial charge in [-0.3, -0.25) is 0 Å². The zero-order valence-corrected chi connectivity index (χ0v) is 13.9. The minimum absolute atomic E-state index is 0.282. The molecule has 0 fully saturated rings.